The molecule has 222 valence electrons. The van der Waals surface area contributed by atoms with Crippen LogP contribution in [0.15, 0.2) is 130 Å². The summed E-state index contributed by atoms with van der Waals surface area (Å²) in [7, 11) is 0. The van der Waals surface area contributed by atoms with E-state index < -0.39 is 0 Å². The average Bonchev–Trinajstić information content (AvgIpc) is 3.50. The first-order chi connectivity index (χ1) is 19.3. The van der Waals surface area contributed by atoms with Gasteiger partial charge in [-0.3, -0.25) is 0 Å². The molecule has 1 heteroatoms. The van der Waals surface area contributed by atoms with Crippen molar-refractivity contribution in [3.63, 3.8) is 0 Å². The molecule has 2 rings (SSSR count). The zero-order valence-electron chi connectivity index (χ0n) is 27.7. The Balaban J connectivity index is 1.79. The number of hydrogen-bond donors (Lipinski definition) is 0. The third-order valence-corrected chi connectivity index (χ3v) is 8.03. The fraction of sp³-hybridized carbons (Fsp3) is 0.450. The maximum atomic E-state index is 5.67. The van der Waals surface area contributed by atoms with Gasteiger partial charge in [-0.05, 0) is 98.5 Å². The maximum Gasteiger partial charge on any atom is 0.0892 e. The standard InChI is InChI=1S/C40H56O/c1-31(19-13-21-33(3)22-15-24-35(5)27-29-38-40(9,10)41-38)17-11-12-18-32(2)20-14-23-34(4)26-28-37-36(6)25-16-30-39(37,7)8/h11-15,17-24,26,28,38H,16,25,27,29-30H2,1-10H3/b12-11+,19-13+,20-14+,22-15+,28-26+,31-17+,32-18+,33-21+,34-23+,35-24+/t38-/m1/s1. The van der Waals surface area contributed by atoms with Gasteiger partial charge in [0.15, 0.2) is 0 Å². The van der Waals surface area contributed by atoms with E-state index in [-0.39, 0.29) is 11.0 Å². The molecule has 0 N–H and O–H groups in total. The van der Waals surface area contributed by atoms with Crippen LogP contribution in [0.2, 0.25) is 0 Å². The molecular formula is C40H56O. The fourth-order valence-corrected chi connectivity index (χ4v) is 5.11. The van der Waals surface area contributed by atoms with Gasteiger partial charge >= 0.3 is 0 Å². The summed E-state index contributed by atoms with van der Waals surface area (Å²) >= 11 is 0. The van der Waals surface area contributed by atoms with E-state index in [2.05, 4.69) is 160 Å². The molecule has 0 aromatic rings. The number of hydrogen-bond acceptors (Lipinski definition) is 1. The molecule has 0 aromatic carbocycles. The Morgan fingerprint density at radius 2 is 1.17 bits per heavy atom. The summed E-state index contributed by atoms with van der Waals surface area (Å²) in [5, 5.41) is 0. The second-order valence-corrected chi connectivity index (χ2v) is 13.1. The van der Waals surface area contributed by atoms with E-state index in [4.69, 9.17) is 4.74 Å². The highest BCUT2D eigenvalue weighted by atomic mass is 16.6. The van der Waals surface area contributed by atoms with Gasteiger partial charge in [0.05, 0.1) is 11.7 Å². The Kier molecular flexibility index (Phi) is 13.8. The molecule has 0 unspecified atom stereocenters. The summed E-state index contributed by atoms with van der Waals surface area (Å²) in [6, 6.07) is 0. The number of epoxide rings is 1. The van der Waals surface area contributed by atoms with E-state index >= 15 is 0 Å². The van der Waals surface area contributed by atoms with Gasteiger partial charge in [-0.2, -0.15) is 0 Å². The normalized spacial score (nSPS) is 23.0. The lowest BCUT2D eigenvalue weighted by Crippen LogP contribution is -2.19. The van der Waals surface area contributed by atoms with Crippen molar-refractivity contribution in [2.45, 2.75) is 113 Å². The average molecular weight is 553 g/mol. The van der Waals surface area contributed by atoms with Crippen molar-refractivity contribution >= 4 is 0 Å². The lowest BCUT2D eigenvalue weighted by atomic mass is 9.72. The summed E-state index contributed by atoms with van der Waals surface area (Å²) in [5.41, 5.74) is 9.78. The molecule has 41 heavy (non-hydrogen) atoms. The van der Waals surface area contributed by atoms with Crippen LogP contribution in [-0.2, 0) is 4.74 Å². The van der Waals surface area contributed by atoms with Crippen LogP contribution >= 0.6 is 0 Å². The molecule has 1 aliphatic heterocycles. The van der Waals surface area contributed by atoms with Gasteiger partial charge in [0.1, 0.15) is 0 Å². The van der Waals surface area contributed by atoms with Gasteiger partial charge in [0.25, 0.3) is 0 Å². The first-order valence-electron chi connectivity index (χ1n) is 15.4. The summed E-state index contributed by atoms with van der Waals surface area (Å²) in [6.45, 7) is 22.1. The van der Waals surface area contributed by atoms with Gasteiger partial charge < -0.3 is 4.74 Å². The van der Waals surface area contributed by atoms with Crippen molar-refractivity contribution in [2.24, 2.45) is 5.41 Å². The molecule has 0 aromatic heterocycles. The van der Waals surface area contributed by atoms with Crippen LogP contribution in [0.4, 0.5) is 0 Å². The van der Waals surface area contributed by atoms with Crippen LogP contribution in [0.25, 0.3) is 0 Å². The van der Waals surface area contributed by atoms with Crippen LogP contribution in [0.1, 0.15) is 101 Å². The van der Waals surface area contributed by atoms with Crippen molar-refractivity contribution in [1.29, 1.82) is 0 Å². The van der Waals surface area contributed by atoms with Crippen LogP contribution in [0, 0.1) is 5.41 Å². The molecule has 0 bridgehead atoms. The second kappa shape index (κ2) is 16.5. The lowest BCUT2D eigenvalue weighted by Gasteiger charge is -2.32. The predicted molar refractivity (Wildman–Crippen MR) is 183 cm³/mol. The summed E-state index contributed by atoms with van der Waals surface area (Å²) in [6.07, 6.45) is 38.9. The molecule has 0 radical (unpaired) electrons. The Labute approximate surface area is 252 Å². The predicted octanol–water partition coefficient (Wildman–Crippen LogP) is 12.0. The van der Waals surface area contributed by atoms with Gasteiger partial charge in [0.2, 0.25) is 0 Å². The van der Waals surface area contributed by atoms with Gasteiger partial charge in [-0.1, -0.05) is 138 Å². The van der Waals surface area contributed by atoms with E-state index in [1.54, 1.807) is 5.57 Å². The topological polar surface area (TPSA) is 12.5 Å². The number of ether oxygens (including phenoxy) is 1. The molecule has 0 amide bonds. The third kappa shape index (κ3) is 13.5. The maximum absolute atomic E-state index is 5.67. The van der Waals surface area contributed by atoms with Gasteiger partial charge in [0, 0.05) is 0 Å². The third-order valence-electron chi connectivity index (χ3n) is 8.03. The Hall–Kier alpha value is -2.90. The summed E-state index contributed by atoms with van der Waals surface area (Å²) in [5.74, 6) is 0. The minimum absolute atomic E-state index is 0.0930. The van der Waals surface area contributed by atoms with Gasteiger partial charge in [-0.25, -0.2) is 0 Å². The highest BCUT2D eigenvalue weighted by Crippen LogP contribution is 2.41. The molecule has 1 saturated heterocycles. The van der Waals surface area contributed by atoms with Crippen LogP contribution < -0.4 is 0 Å². The minimum atomic E-state index is 0.0930. The first-order valence-corrected chi connectivity index (χ1v) is 15.4. The number of allylic oxidation sites excluding steroid dienone is 22. The highest BCUT2D eigenvalue weighted by Gasteiger charge is 2.46. The smallest absolute Gasteiger partial charge is 0.0892 e. The molecule has 1 atom stereocenters. The Morgan fingerprint density at radius 1 is 0.707 bits per heavy atom. The molecule has 1 aliphatic carbocycles. The SMILES string of the molecule is CC1=C(/C=C/C(C)=C/C=C/C(C)=C/C=C/C=C(C)/C=C/C=C(C)/C=C/C=C(\C)CC[C@H]2OC2(C)C)C(C)(C)CCC1. The second-order valence-electron chi connectivity index (χ2n) is 13.1. The van der Waals surface area contributed by atoms with Crippen molar-refractivity contribution in [2.75, 3.05) is 0 Å². The first kappa shape index (κ1) is 34.3. The monoisotopic (exact) mass is 552 g/mol. The lowest BCUT2D eigenvalue weighted by molar-refractivity contribution is 0.320. The van der Waals surface area contributed by atoms with E-state index in [1.807, 2.05) is 0 Å². The summed E-state index contributed by atoms with van der Waals surface area (Å²) < 4.78 is 5.67. The van der Waals surface area contributed by atoms with E-state index in [0.29, 0.717) is 6.10 Å². The van der Waals surface area contributed by atoms with Crippen molar-refractivity contribution in [3.8, 4) is 0 Å². The van der Waals surface area contributed by atoms with Gasteiger partial charge in [-0.15, -0.1) is 0 Å². The fourth-order valence-electron chi connectivity index (χ4n) is 5.11. The molecule has 0 saturated carbocycles. The molecular weight excluding hydrogens is 496 g/mol. The van der Waals surface area contributed by atoms with Crippen LogP contribution in [0.5, 0.6) is 0 Å². The molecule has 0 spiro atoms. The van der Waals surface area contributed by atoms with E-state index in [0.717, 1.165) is 12.8 Å². The molecule has 1 fully saturated rings. The highest BCUT2D eigenvalue weighted by molar-refractivity contribution is 5.37. The zero-order chi connectivity index (χ0) is 30.5. The van der Waals surface area contributed by atoms with Crippen molar-refractivity contribution in [1.82, 2.24) is 0 Å². The molecule has 1 nitrogen and oxygen atoms in total. The van der Waals surface area contributed by atoms with E-state index in [1.165, 1.54) is 52.7 Å². The Bertz CT molecular complexity index is 1220. The molecule has 1 heterocycles. The van der Waals surface area contributed by atoms with Crippen molar-refractivity contribution in [3.05, 3.63) is 130 Å². The Morgan fingerprint density at radius 3 is 1.66 bits per heavy atom. The van der Waals surface area contributed by atoms with E-state index in [9.17, 15) is 0 Å². The quantitative estimate of drug-likeness (QED) is 0.163. The minimum Gasteiger partial charge on any atom is -0.367 e. The van der Waals surface area contributed by atoms with Crippen LogP contribution in [-0.4, -0.2) is 11.7 Å². The van der Waals surface area contributed by atoms with Crippen molar-refractivity contribution < 1.29 is 4.74 Å². The largest absolute Gasteiger partial charge is 0.367 e. The number of rotatable bonds is 13. The summed E-state index contributed by atoms with van der Waals surface area (Å²) in [4.78, 5) is 0. The zero-order valence-corrected chi connectivity index (χ0v) is 27.7. The molecule has 2 aliphatic rings. The van der Waals surface area contributed by atoms with Crippen LogP contribution in [0.3, 0.4) is 0 Å².